The molecule has 1 fully saturated rings. The van der Waals surface area contributed by atoms with Gasteiger partial charge in [0.15, 0.2) is 22.8 Å². The average molecular weight is 418 g/mol. The summed E-state index contributed by atoms with van der Waals surface area (Å²) >= 11 is 0. The van der Waals surface area contributed by atoms with Crippen molar-refractivity contribution in [1.29, 1.82) is 0 Å². The highest BCUT2D eigenvalue weighted by atomic mass is 19.4. The molecule has 1 aromatic carbocycles. The molecule has 1 amide bonds. The zero-order chi connectivity index (χ0) is 20.9. The third kappa shape index (κ3) is 3.21. The van der Waals surface area contributed by atoms with Crippen LogP contribution in [0.4, 0.5) is 13.2 Å². The molecule has 0 bridgehead atoms. The van der Waals surface area contributed by atoms with Gasteiger partial charge in [0.2, 0.25) is 12.7 Å². The number of nitrogens with zero attached hydrogens (tertiary/aromatic N) is 4. The number of amides is 1. The van der Waals surface area contributed by atoms with Crippen molar-refractivity contribution in [2.75, 3.05) is 19.9 Å². The Bertz CT molecular complexity index is 1140. The number of likely N-dealkylation sites (tertiary alicyclic amines) is 1. The van der Waals surface area contributed by atoms with E-state index in [1.54, 1.807) is 23.1 Å². The fraction of sp³-hybridized carbons (Fsp3) is 0.350. The molecule has 1 saturated heterocycles. The van der Waals surface area contributed by atoms with Crippen LogP contribution in [-0.4, -0.2) is 45.3 Å². The number of ether oxygens (including phenoxy) is 2. The van der Waals surface area contributed by atoms with E-state index in [-0.39, 0.29) is 30.5 Å². The van der Waals surface area contributed by atoms with Crippen LogP contribution in [0.2, 0.25) is 0 Å². The smallest absolute Gasteiger partial charge is 0.433 e. The maximum atomic E-state index is 13.7. The summed E-state index contributed by atoms with van der Waals surface area (Å²) in [5.41, 5.74) is -0.0150. The Kier molecular flexibility index (Phi) is 4.30. The van der Waals surface area contributed by atoms with Crippen molar-refractivity contribution in [3.8, 4) is 22.8 Å². The highest BCUT2D eigenvalue weighted by Crippen LogP contribution is 2.37. The SMILES string of the molecule is O=C(Cc1cnn2c(C(F)(F)F)cc(-c3ccc4c(c3)OCO4)nc12)N1CCCC1. The van der Waals surface area contributed by atoms with Crippen molar-refractivity contribution in [2.24, 2.45) is 0 Å². The third-order valence-electron chi connectivity index (χ3n) is 5.30. The molecule has 0 unspecified atom stereocenters. The van der Waals surface area contributed by atoms with Gasteiger partial charge in [0.1, 0.15) is 0 Å². The Balaban J connectivity index is 1.60. The molecule has 156 valence electrons. The van der Waals surface area contributed by atoms with Gasteiger partial charge in [-0.05, 0) is 37.1 Å². The zero-order valence-electron chi connectivity index (χ0n) is 15.8. The van der Waals surface area contributed by atoms with Crippen LogP contribution in [0.1, 0.15) is 24.1 Å². The molecule has 2 aromatic heterocycles. The van der Waals surface area contributed by atoms with Gasteiger partial charge in [-0.3, -0.25) is 4.79 Å². The fourth-order valence-electron chi connectivity index (χ4n) is 3.78. The molecule has 0 atom stereocenters. The molecule has 0 saturated carbocycles. The number of hydrogen-bond donors (Lipinski definition) is 0. The minimum absolute atomic E-state index is 0.0186. The lowest BCUT2D eigenvalue weighted by Crippen LogP contribution is -2.29. The van der Waals surface area contributed by atoms with Gasteiger partial charge in [0.05, 0.1) is 18.3 Å². The Morgan fingerprint density at radius 2 is 1.87 bits per heavy atom. The van der Waals surface area contributed by atoms with Crippen molar-refractivity contribution in [3.05, 3.63) is 41.7 Å². The number of halogens is 3. The molecule has 2 aliphatic rings. The van der Waals surface area contributed by atoms with E-state index < -0.39 is 11.9 Å². The number of aromatic nitrogens is 3. The van der Waals surface area contributed by atoms with Gasteiger partial charge in [0, 0.05) is 24.2 Å². The summed E-state index contributed by atoms with van der Waals surface area (Å²) in [5.74, 6) is 0.837. The molecule has 0 spiro atoms. The van der Waals surface area contributed by atoms with Gasteiger partial charge in [-0.15, -0.1) is 0 Å². The van der Waals surface area contributed by atoms with Gasteiger partial charge in [-0.1, -0.05) is 0 Å². The Morgan fingerprint density at radius 1 is 1.10 bits per heavy atom. The summed E-state index contributed by atoms with van der Waals surface area (Å²) in [7, 11) is 0. The minimum Gasteiger partial charge on any atom is -0.454 e. The lowest BCUT2D eigenvalue weighted by Gasteiger charge is -2.15. The van der Waals surface area contributed by atoms with Gasteiger partial charge in [0.25, 0.3) is 0 Å². The summed E-state index contributed by atoms with van der Waals surface area (Å²) in [4.78, 5) is 18.7. The molecule has 0 radical (unpaired) electrons. The molecule has 0 aliphatic carbocycles. The van der Waals surface area contributed by atoms with E-state index in [0.717, 1.165) is 23.4 Å². The first kappa shape index (κ1) is 18.7. The molecular formula is C20H17F3N4O3. The van der Waals surface area contributed by atoms with Crippen molar-refractivity contribution >= 4 is 11.6 Å². The highest BCUT2D eigenvalue weighted by Gasteiger charge is 2.36. The normalized spacial score (nSPS) is 15.9. The van der Waals surface area contributed by atoms with Gasteiger partial charge in [-0.25, -0.2) is 9.50 Å². The average Bonchev–Trinajstić information content (AvgIpc) is 3.46. The predicted octanol–water partition coefficient (Wildman–Crippen LogP) is 3.31. The zero-order valence-corrected chi connectivity index (χ0v) is 15.8. The second-order valence-electron chi connectivity index (χ2n) is 7.26. The number of hydrogen-bond acceptors (Lipinski definition) is 5. The molecule has 2 aliphatic heterocycles. The Morgan fingerprint density at radius 3 is 2.63 bits per heavy atom. The number of carbonyl (C=O) groups is 1. The lowest BCUT2D eigenvalue weighted by molar-refractivity contribution is -0.142. The van der Waals surface area contributed by atoms with Crippen LogP contribution in [0.25, 0.3) is 16.9 Å². The first-order chi connectivity index (χ1) is 14.4. The maximum absolute atomic E-state index is 13.7. The summed E-state index contributed by atoms with van der Waals surface area (Å²) in [6.07, 6.45) is -1.53. The van der Waals surface area contributed by atoms with Gasteiger partial charge >= 0.3 is 6.18 Å². The highest BCUT2D eigenvalue weighted by molar-refractivity contribution is 5.81. The van der Waals surface area contributed by atoms with E-state index >= 15 is 0 Å². The van der Waals surface area contributed by atoms with Crippen molar-refractivity contribution in [2.45, 2.75) is 25.4 Å². The first-order valence-corrected chi connectivity index (χ1v) is 9.53. The van der Waals surface area contributed by atoms with E-state index in [0.29, 0.717) is 35.7 Å². The molecule has 30 heavy (non-hydrogen) atoms. The third-order valence-corrected chi connectivity index (χ3v) is 5.30. The second kappa shape index (κ2) is 6.89. The van der Waals surface area contributed by atoms with Gasteiger partial charge in [-0.2, -0.15) is 18.3 Å². The number of benzene rings is 1. The predicted molar refractivity (Wildman–Crippen MR) is 99.1 cm³/mol. The molecular weight excluding hydrogens is 401 g/mol. The summed E-state index contributed by atoms with van der Waals surface area (Å²) < 4.78 is 52.6. The van der Waals surface area contributed by atoms with E-state index in [2.05, 4.69) is 10.1 Å². The fourth-order valence-corrected chi connectivity index (χ4v) is 3.78. The van der Waals surface area contributed by atoms with Crippen LogP contribution in [-0.2, 0) is 17.4 Å². The van der Waals surface area contributed by atoms with Crippen LogP contribution in [0.3, 0.4) is 0 Å². The van der Waals surface area contributed by atoms with E-state index in [4.69, 9.17) is 9.47 Å². The number of rotatable bonds is 3. The summed E-state index contributed by atoms with van der Waals surface area (Å²) in [6, 6.07) is 5.79. The van der Waals surface area contributed by atoms with E-state index in [1.165, 1.54) is 6.20 Å². The molecule has 0 N–H and O–H groups in total. The van der Waals surface area contributed by atoms with Crippen LogP contribution in [0.15, 0.2) is 30.5 Å². The molecule has 10 heteroatoms. The maximum Gasteiger partial charge on any atom is 0.433 e. The van der Waals surface area contributed by atoms with Crippen molar-refractivity contribution < 1.29 is 27.4 Å². The van der Waals surface area contributed by atoms with Crippen molar-refractivity contribution in [1.82, 2.24) is 19.5 Å². The van der Waals surface area contributed by atoms with Crippen LogP contribution in [0.5, 0.6) is 11.5 Å². The van der Waals surface area contributed by atoms with Crippen LogP contribution < -0.4 is 9.47 Å². The monoisotopic (exact) mass is 418 g/mol. The number of fused-ring (bicyclic) bond motifs is 2. The van der Waals surface area contributed by atoms with E-state index in [9.17, 15) is 18.0 Å². The molecule has 4 heterocycles. The molecule has 7 nitrogen and oxygen atoms in total. The number of alkyl halides is 3. The summed E-state index contributed by atoms with van der Waals surface area (Å²) in [6.45, 7) is 1.40. The standard InChI is InChI=1S/C20H17F3N4O3/c21-20(22,23)17-9-14(12-3-4-15-16(7-12)30-11-29-15)25-19-13(10-24-27(17)19)8-18(28)26-5-1-2-6-26/h3-4,7,9-10H,1-2,5-6,8,11H2. The van der Waals surface area contributed by atoms with E-state index in [1.807, 2.05) is 0 Å². The molecule has 5 rings (SSSR count). The van der Waals surface area contributed by atoms with Crippen LogP contribution >= 0.6 is 0 Å². The van der Waals surface area contributed by atoms with Crippen molar-refractivity contribution in [3.63, 3.8) is 0 Å². The Hall–Kier alpha value is -3.30. The molecule has 3 aromatic rings. The quantitative estimate of drug-likeness (QED) is 0.653. The first-order valence-electron chi connectivity index (χ1n) is 9.53. The van der Waals surface area contributed by atoms with Gasteiger partial charge < -0.3 is 14.4 Å². The lowest BCUT2D eigenvalue weighted by atomic mass is 10.1. The Labute approximate surface area is 169 Å². The van der Waals surface area contributed by atoms with Crippen LogP contribution in [0, 0.1) is 0 Å². The second-order valence-corrected chi connectivity index (χ2v) is 7.26. The number of carbonyl (C=O) groups excluding carboxylic acids is 1. The minimum atomic E-state index is -4.64. The topological polar surface area (TPSA) is 69.0 Å². The summed E-state index contributed by atoms with van der Waals surface area (Å²) in [5, 5.41) is 3.88. The largest absolute Gasteiger partial charge is 0.454 e.